The van der Waals surface area contributed by atoms with E-state index in [1.807, 2.05) is 13.8 Å². The fraction of sp³-hybridized carbons (Fsp3) is 0.889. The number of carbonyl (C=O) groups excluding carboxylic acids is 1. The van der Waals surface area contributed by atoms with Gasteiger partial charge in [0.15, 0.2) is 0 Å². The molecular formula is C9H19NO2. The number of rotatable bonds is 5. The lowest BCUT2D eigenvalue weighted by molar-refractivity contribution is -0.150. The number of nitrogens with one attached hydrogen (secondary N) is 1. The minimum Gasteiger partial charge on any atom is -0.465 e. The molecule has 72 valence electrons. The van der Waals surface area contributed by atoms with Crippen LogP contribution in [0.5, 0.6) is 0 Å². The van der Waals surface area contributed by atoms with Gasteiger partial charge >= 0.3 is 5.97 Å². The summed E-state index contributed by atoms with van der Waals surface area (Å²) in [7, 11) is 1.78. The highest BCUT2D eigenvalue weighted by Crippen LogP contribution is 2.13. The predicted molar refractivity (Wildman–Crippen MR) is 49.0 cm³/mol. The standard InChI is InChI=1S/C9H19NO2/c1-5-7-9(3,10-4)8(11)12-6-2/h10H,5-7H2,1-4H3. The molecule has 0 saturated heterocycles. The van der Waals surface area contributed by atoms with Gasteiger partial charge in [-0.15, -0.1) is 0 Å². The Kier molecular flexibility index (Phi) is 4.90. The SMILES string of the molecule is CCCC(C)(NC)C(=O)OCC. The zero-order valence-corrected chi connectivity index (χ0v) is 8.44. The molecular weight excluding hydrogens is 154 g/mol. The first-order valence-electron chi connectivity index (χ1n) is 4.46. The summed E-state index contributed by atoms with van der Waals surface area (Å²) in [5.41, 5.74) is -0.509. The molecule has 12 heavy (non-hydrogen) atoms. The highest BCUT2D eigenvalue weighted by molar-refractivity contribution is 5.80. The summed E-state index contributed by atoms with van der Waals surface area (Å²) in [4.78, 5) is 11.4. The van der Waals surface area contributed by atoms with E-state index in [1.54, 1.807) is 7.05 Å². The number of carbonyl (C=O) groups is 1. The smallest absolute Gasteiger partial charge is 0.326 e. The van der Waals surface area contributed by atoms with E-state index in [-0.39, 0.29) is 5.97 Å². The first kappa shape index (κ1) is 11.4. The number of esters is 1. The molecule has 0 rings (SSSR count). The van der Waals surface area contributed by atoms with Gasteiger partial charge in [-0.25, -0.2) is 0 Å². The number of likely N-dealkylation sites (N-methyl/N-ethyl adjacent to an activating group) is 1. The van der Waals surface area contributed by atoms with E-state index in [0.717, 1.165) is 12.8 Å². The average molecular weight is 173 g/mol. The third-order valence-electron chi connectivity index (χ3n) is 2.03. The van der Waals surface area contributed by atoms with E-state index in [9.17, 15) is 4.79 Å². The third-order valence-corrected chi connectivity index (χ3v) is 2.03. The molecule has 0 aromatic rings. The molecule has 1 atom stereocenters. The molecule has 1 N–H and O–H groups in total. The van der Waals surface area contributed by atoms with Gasteiger partial charge in [-0.3, -0.25) is 4.79 Å². The number of hydrogen-bond acceptors (Lipinski definition) is 3. The second kappa shape index (κ2) is 5.14. The topological polar surface area (TPSA) is 38.3 Å². The maximum atomic E-state index is 11.4. The zero-order valence-electron chi connectivity index (χ0n) is 8.44. The minimum absolute atomic E-state index is 0.158. The van der Waals surface area contributed by atoms with Gasteiger partial charge in [-0.05, 0) is 27.3 Å². The van der Waals surface area contributed by atoms with Crippen molar-refractivity contribution in [2.75, 3.05) is 13.7 Å². The molecule has 1 unspecified atom stereocenters. The Labute approximate surface area is 74.5 Å². The maximum absolute atomic E-state index is 11.4. The largest absolute Gasteiger partial charge is 0.465 e. The Balaban J connectivity index is 4.18. The van der Waals surface area contributed by atoms with Crippen LogP contribution in [-0.4, -0.2) is 25.2 Å². The monoisotopic (exact) mass is 173 g/mol. The van der Waals surface area contributed by atoms with Gasteiger partial charge < -0.3 is 10.1 Å². The molecule has 0 aliphatic carbocycles. The Morgan fingerprint density at radius 1 is 1.50 bits per heavy atom. The summed E-state index contributed by atoms with van der Waals surface area (Å²) in [5, 5.41) is 2.99. The fourth-order valence-corrected chi connectivity index (χ4v) is 1.12. The number of ether oxygens (including phenoxy) is 1. The van der Waals surface area contributed by atoms with Crippen molar-refractivity contribution >= 4 is 5.97 Å². The molecule has 0 spiro atoms. The molecule has 0 amide bonds. The normalized spacial score (nSPS) is 15.3. The van der Waals surface area contributed by atoms with Crippen LogP contribution in [0.1, 0.15) is 33.6 Å². The summed E-state index contributed by atoms with van der Waals surface area (Å²) in [6.07, 6.45) is 1.78. The molecule has 0 bridgehead atoms. The van der Waals surface area contributed by atoms with Crippen molar-refractivity contribution < 1.29 is 9.53 Å². The first-order chi connectivity index (χ1) is 5.60. The van der Waals surface area contributed by atoms with Crippen molar-refractivity contribution in [2.24, 2.45) is 0 Å². The lowest BCUT2D eigenvalue weighted by Crippen LogP contribution is -2.48. The van der Waals surface area contributed by atoms with Crippen molar-refractivity contribution in [3.05, 3.63) is 0 Å². The van der Waals surface area contributed by atoms with E-state index in [1.165, 1.54) is 0 Å². The molecule has 0 aliphatic rings. The van der Waals surface area contributed by atoms with Crippen LogP contribution in [0.15, 0.2) is 0 Å². The van der Waals surface area contributed by atoms with Crippen LogP contribution >= 0.6 is 0 Å². The van der Waals surface area contributed by atoms with Crippen LogP contribution in [0.25, 0.3) is 0 Å². The Bertz CT molecular complexity index is 147. The average Bonchev–Trinajstić information content (AvgIpc) is 2.05. The van der Waals surface area contributed by atoms with Crippen LogP contribution in [0, 0.1) is 0 Å². The quantitative estimate of drug-likeness (QED) is 0.637. The summed E-state index contributed by atoms with van der Waals surface area (Å²) < 4.78 is 4.95. The molecule has 0 aromatic carbocycles. The van der Waals surface area contributed by atoms with Crippen LogP contribution < -0.4 is 5.32 Å². The Morgan fingerprint density at radius 3 is 2.42 bits per heavy atom. The number of hydrogen-bond donors (Lipinski definition) is 1. The van der Waals surface area contributed by atoms with Gasteiger partial charge in [-0.1, -0.05) is 13.3 Å². The highest BCUT2D eigenvalue weighted by atomic mass is 16.5. The third kappa shape index (κ3) is 2.81. The molecule has 0 radical (unpaired) electrons. The van der Waals surface area contributed by atoms with Crippen LogP contribution in [0.4, 0.5) is 0 Å². The van der Waals surface area contributed by atoms with Crippen LogP contribution in [0.2, 0.25) is 0 Å². The van der Waals surface area contributed by atoms with Crippen molar-refractivity contribution in [2.45, 2.75) is 39.2 Å². The fourth-order valence-electron chi connectivity index (χ4n) is 1.12. The lowest BCUT2D eigenvalue weighted by Gasteiger charge is -2.25. The van der Waals surface area contributed by atoms with Gasteiger partial charge in [0, 0.05) is 0 Å². The molecule has 0 fully saturated rings. The summed E-state index contributed by atoms with van der Waals surface area (Å²) in [6, 6.07) is 0. The van der Waals surface area contributed by atoms with Crippen molar-refractivity contribution in [3.8, 4) is 0 Å². The van der Waals surface area contributed by atoms with Gasteiger partial charge in [0.2, 0.25) is 0 Å². The van der Waals surface area contributed by atoms with Gasteiger partial charge in [0.1, 0.15) is 5.54 Å². The van der Waals surface area contributed by atoms with E-state index in [2.05, 4.69) is 12.2 Å². The summed E-state index contributed by atoms with van der Waals surface area (Å²) in [6.45, 7) is 6.18. The van der Waals surface area contributed by atoms with E-state index >= 15 is 0 Å². The minimum atomic E-state index is -0.509. The van der Waals surface area contributed by atoms with Crippen molar-refractivity contribution in [1.29, 1.82) is 0 Å². The molecule has 0 heterocycles. The summed E-state index contributed by atoms with van der Waals surface area (Å²) in [5.74, 6) is -0.158. The zero-order chi connectivity index (χ0) is 9.61. The Hall–Kier alpha value is -0.570. The highest BCUT2D eigenvalue weighted by Gasteiger charge is 2.31. The van der Waals surface area contributed by atoms with E-state index < -0.39 is 5.54 Å². The molecule has 0 aliphatic heterocycles. The second-order valence-electron chi connectivity index (χ2n) is 3.05. The van der Waals surface area contributed by atoms with Crippen molar-refractivity contribution in [1.82, 2.24) is 5.32 Å². The van der Waals surface area contributed by atoms with Gasteiger partial charge in [0.25, 0.3) is 0 Å². The molecule has 3 nitrogen and oxygen atoms in total. The van der Waals surface area contributed by atoms with Crippen LogP contribution in [-0.2, 0) is 9.53 Å². The van der Waals surface area contributed by atoms with Gasteiger partial charge in [-0.2, -0.15) is 0 Å². The van der Waals surface area contributed by atoms with Crippen molar-refractivity contribution in [3.63, 3.8) is 0 Å². The first-order valence-corrected chi connectivity index (χ1v) is 4.46. The molecule has 3 heteroatoms. The Morgan fingerprint density at radius 2 is 2.08 bits per heavy atom. The van der Waals surface area contributed by atoms with E-state index in [0.29, 0.717) is 6.61 Å². The molecule has 0 saturated carbocycles. The van der Waals surface area contributed by atoms with Crippen LogP contribution in [0.3, 0.4) is 0 Å². The second-order valence-corrected chi connectivity index (χ2v) is 3.05. The predicted octanol–water partition coefficient (Wildman–Crippen LogP) is 1.33. The van der Waals surface area contributed by atoms with Gasteiger partial charge in [0.05, 0.1) is 6.61 Å². The lowest BCUT2D eigenvalue weighted by atomic mass is 9.97. The molecule has 0 aromatic heterocycles. The van der Waals surface area contributed by atoms with E-state index in [4.69, 9.17) is 4.74 Å². The summed E-state index contributed by atoms with van der Waals surface area (Å²) >= 11 is 0. The maximum Gasteiger partial charge on any atom is 0.326 e.